The molecule has 0 spiro atoms. The van der Waals surface area contributed by atoms with Gasteiger partial charge in [0.1, 0.15) is 5.82 Å². The molecule has 0 amide bonds. The first-order chi connectivity index (χ1) is 9.56. The van der Waals surface area contributed by atoms with Crippen LogP contribution in [0.25, 0.3) is 11.1 Å². The summed E-state index contributed by atoms with van der Waals surface area (Å²) in [7, 11) is 0. The summed E-state index contributed by atoms with van der Waals surface area (Å²) in [6, 6.07) is 10.0. The Morgan fingerprint density at radius 1 is 1.30 bits per heavy atom. The second kappa shape index (κ2) is 5.07. The summed E-state index contributed by atoms with van der Waals surface area (Å²) in [5.74, 6) is -0.983. The van der Waals surface area contributed by atoms with Crippen molar-refractivity contribution in [3.63, 3.8) is 0 Å². The molecule has 3 rings (SSSR count). The summed E-state index contributed by atoms with van der Waals surface area (Å²) in [5.41, 5.74) is 2.22. The molecular weight excluding hydrogens is 349 g/mol. The van der Waals surface area contributed by atoms with Crippen LogP contribution in [0.4, 0.5) is 4.39 Å². The highest BCUT2D eigenvalue weighted by Crippen LogP contribution is 2.35. The molecule has 2 aromatic carbocycles. The number of H-pyrrole nitrogens is 1. The van der Waals surface area contributed by atoms with Crippen molar-refractivity contribution in [1.29, 1.82) is 0 Å². The van der Waals surface area contributed by atoms with E-state index in [2.05, 4.69) is 20.9 Å². The topological polar surface area (TPSA) is 46.0 Å². The van der Waals surface area contributed by atoms with E-state index in [1.165, 1.54) is 6.07 Å². The zero-order chi connectivity index (χ0) is 14.3. The van der Waals surface area contributed by atoms with Gasteiger partial charge in [-0.15, -0.1) is 0 Å². The highest BCUT2D eigenvalue weighted by Gasteiger charge is 2.17. The fourth-order valence-electron chi connectivity index (χ4n) is 2.02. The summed E-state index contributed by atoms with van der Waals surface area (Å²) in [4.78, 5) is 13.3. The maximum atomic E-state index is 14.0. The maximum Gasteiger partial charge on any atom is 0.417 e. The molecule has 1 N–H and O–H groups in total. The van der Waals surface area contributed by atoms with Gasteiger partial charge in [-0.25, -0.2) is 9.18 Å². The van der Waals surface area contributed by atoms with Gasteiger partial charge in [0, 0.05) is 5.56 Å². The largest absolute Gasteiger partial charge is 0.417 e. The fourth-order valence-corrected chi connectivity index (χ4v) is 2.84. The average Bonchev–Trinajstić information content (AvgIpc) is 2.80. The van der Waals surface area contributed by atoms with Crippen molar-refractivity contribution in [2.75, 3.05) is 0 Å². The van der Waals surface area contributed by atoms with Crippen molar-refractivity contribution in [2.24, 2.45) is 0 Å². The third kappa shape index (κ3) is 2.27. The lowest BCUT2D eigenvalue weighted by molar-refractivity contribution is 0.555. The summed E-state index contributed by atoms with van der Waals surface area (Å²) in [6.45, 7) is 0. The lowest BCUT2D eigenvalue weighted by Crippen LogP contribution is -1.97. The van der Waals surface area contributed by atoms with Gasteiger partial charge in [0.05, 0.1) is 15.4 Å². The maximum absolute atomic E-state index is 14.0. The van der Waals surface area contributed by atoms with Crippen molar-refractivity contribution in [2.45, 2.75) is 4.83 Å². The first kappa shape index (κ1) is 13.4. The molecule has 1 unspecified atom stereocenters. The number of halogens is 3. The monoisotopic (exact) mass is 355 g/mol. The van der Waals surface area contributed by atoms with Crippen molar-refractivity contribution in [3.05, 3.63) is 68.9 Å². The summed E-state index contributed by atoms with van der Waals surface area (Å²) >= 11 is 9.23. The first-order valence-electron chi connectivity index (χ1n) is 5.77. The van der Waals surface area contributed by atoms with Crippen LogP contribution in [0.1, 0.15) is 16.0 Å². The Morgan fingerprint density at radius 2 is 2.10 bits per heavy atom. The van der Waals surface area contributed by atoms with Gasteiger partial charge < -0.3 is 4.42 Å². The molecule has 0 fully saturated rings. The SMILES string of the molecule is O=c1[nH]c2ccc(C(Br)c3cccc(Cl)c3F)cc2o1. The zero-order valence-corrected chi connectivity index (χ0v) is 12.3. The van der Waals surface area contributed by atoms with Crippen LogP contribution in [0.3, 0.4) is 0 Å². The van der Waals surface area contributed by atoms with Crippen molar-refractivity contribution in [3.8, 4) is 0 Å². The van der Waals surface area contributed by atoms with Crippen LogP contribution in [0.15, 0.2) is 45.6 Å². The molecule has 0 aliphatic heterocycles. The number of aromatic nitrogens is 1. The second-order valence-electron chi connectivity index (χ2n) is 4.28. The van der Waals surface area contributed by atoms with Crippen LogP contribution >= 0.6 is 27.5 Å². The minimum Gasteiger partial charge on any atom is -0.408 e. The molecule has 20 heavy (non-hydrogen) atoms. The van der Waals surface area contributed by atoms with Crippen molar-refractivity contribution < 1.29 is 8.81 Å². The van der Waals surface area contributed by atoms with Gasteiger partial charge in [0.15, 0.2) is 5.58 Å². The first-order valence-corrected chi connectivity index (χ1v) is 7.06. The highest BCUT2D eigenvalue weighted by atomic mass is 79.9. The minimum atomic E-state index is -0.516. The number of fused-ring (bicyclic) bond motifs is 1. The van der Waals surface area contributed by atoms with E-state index in [1.54, 1.807) is 30.3 Å². The second-order valence-corrected chi connectivity index (χ2v) is 5.60. The lowest BCUT2D eigenvalue weighted by atomic mass is 10.0. The van der Waals surface area contributed by atoms with Crippen LogP contribution in [-0.4, -0.2) is 4.98 Å². The van der Waals surface area contributed by atoms with Gasteiger partial charge in [0.25, 0.3) is 0 Å². The summed E-state index contributed by atoms with van der Waals surface area (Å²) < 4.78 is 19.0. The van der Waals surface area contributed by atoms with Crippen LogP contribution < -0.4 is 5.76 Å². The standard InChI is InChI=1S/C14H8BrClFNO2/c15-12(8-2-1-3-9(16)13(8)17)7-4-5-10-11(6-7)20-14(19)18-10/h1-6,12H,(H,18,19). The predicted octanol–water partition coefficient (Wildman–Crippen LogP) is 4.40. The van der Waals surface area contributed by atoms with Crippen LogP contribution in [0.2, 0.25) is 5.02 Å². The number of aromatic amines is 1. The van der Waals surface area contributed by atoms with Gasteiger partial charge >= 0.3 is 5.76 Å². The Kier molecular flexibility index (Phi) is 3.40. The molecule has 1 heterocycles. The van der Waals surface area contributed by atoms with E-state index in [0.29, 0.717) is 16.7 Å². The van der Waals surface area contributed by atoms with Crippen molar-refractivity contribution in [1.82, 2.24) is 4.98 Å². The Labute approximate surface area is 126 Å². The molecule has 102 valence electrons. The van der Waals surface area contributed by atoms with E-state index in [-0.39, 0.29) is 9.85 Å². The Hall–Kier alpha value is -1.59. The number of alkyl halides is 1. The summed E-state index contributed by atoms with van der Waals surface area (Å²) in [6.07, 6.45) is 0. The molecule has 0 aliphatic carbocycles. The van der Waals surface area contributed by atoms with Gasteiger partial charge in [-0.1, -0.05) is 45.7 Å². The van der Waals surface area contributed by atoms with Gasteiger partial charge in [-0.2, -0.15) is 0 Å². The highest BCUT2D eigenvalue weighted by molar-refractivity contribution is 9.09. The van der Waals surface area contributed by atoms with E-state index in [1.807, 2.05) is 0 Å². The smallest absolute Gasteiger partial charge is 0.408 e. The van der Waals surface area contributed by atoms with E-state index >= 15 is 0 Å². The van der Waals surface area contributed by atoms with Gasteiger partial charge in [0.2, 0.25) is 0 Å². The number of hydrogen-bond acceptors (Lipinski definition) is 2. The fraction of sp³-hybridized carbons (Fsp3) is 0.0714. The molecule has 0 saturated carbocycles. The van der Waals surface area contributed by atoms with E-state index < -0.39 is 11.6 Å². The molecule has 0 saturated heterocycles. The number of oxazole rings is 1. The third-order valence-electron chi connectivity index (χ3n) is 2.99. The zero-order valence-electron chi connectivity index (χ0n) is 9.99. The van der Waals surface area contributed by atoms with Crippen LogP contribution in [-0.2, 0) is 0 Å². The number of benzene rings is 2. The van der Waals surface area contributed by atoms with Crippen molar-refractivity contribution >= 4 is 38.6 Å². The van der Waals surface area contributed by atoms with Crippen LogP contribution in [0, 0.1) is 5.82 Å². The molecule has 3 aromatic rings. The average molecular weight is 357 g/mol. The predicted molar refractivity (Wildman–Crippen MR) is 79.0 cm³/mol. The molecule has 1 atom stereocenters. The van der Waals surface area contributed by atoms with E-state index in [0.717, 1.165) is 5.56 Å². The third-order valence-corrected chi connectivity index (χ3v) is 4.31. The Morgan fingerprint density at radius 3 is 2.90 bits per heavy atom. The molecule has 1 aromatic heterocycles. The molecule has 0 bridgehead atoms. The number of hydrogen-bond donors (Lipinski definition) is 1. The van der Waals surface area contributed by atoms with E-state index in [9.17, 15) is 9.18 Å². The number of nitrogens with one attached hydrogen (secondary N) is 1. The molecule has 0 radical (unpaired) electrons. The Bertz CT molecular complexity index is 843. The minimum absolute atomic E-state index is 0.0706. The Balaban J connectivity index is 2.09. The molecule has 3 nitrogen and oxygen atoms in total. The molecule has 0 aliphatic rings. The normalized spacial score (nSPS) is 12.8. The lowest BCUT2D eigenvalue weighted by Gasteiger charge is -2.12. The molecular formula is C14H8BrClFNO2. The van der Waals surface area contributed by atoms with E-state index in [4.69, 9.17) is 16.0 Å². The quantitative estimate of drug-likeness (QED) is 0.692. The van der Waals surface area contributed by atoms with Gasteiger partial charge in [-0.05, 0) is 23.8 Å². The number of rotatable bonds is 2. The molecule has 6 heteroatoms. The van der Waals surface area contributed by atoms with Gasteiger partial charge in [-0.3, -0.25) is 4.98 Å². The van der Waals surface area contributed by atoms with Crippen LogP contribution in [0.5, 0.6) is 0 Å². The summed E-state index contributed by atoms with van der Waals surface area (Å²) in [5, 5.41) is 0.0706.